The Balaban J connectivity index is 1.31. The highest BCUT2D eigenvalue weighted by atomic mass is 19.1. The van der Waals surface area contributed by atoms with E-state index in [1.165, 1.54) is 24.7 Å². The van der Waals surface area contributed by atoms with Crippen LogP contribution in [0.2, 0.25) is 0 Å². The molecule has 0 spiro atoms. The van der Waals surface area contributed by atoms with Crippen LogP contribution in [0.5, 0.6) is 0 Å². The largest absolute Gasteiger partial charge is 0.457 e. The van der Waals surface area contributed by atoms with Gasteiger partial charge in [0.15, 0.2) is 6.39 Å². The Bertz CT molecular complexity index is 1550. The lowest BCUT2D eigenvalue weighted by Gasteiger charge is -2.37. The van der Waals surface area contributed by atoms with Crippen LogP contribution >= 0.6 is 0 Å². The number of rotatable bonds is 6. The number of piperazine rings is 1. The molecule has 2 fully saturated rings. The second-order valence-electron chi connectivity index (χ2n) is 14.3. The Morgan fingerprint density at radius 1 is 1.02 bits per heavy atom. The Morgan fingerprint density at radius 3 is 2.43 bits per heavy atom. The molecular weight excluding hydrogens is 657 g/mol. The monoisotopic (exact) mass is 709 g/mol. The summed E-state index contributed by atoms with van der Waals surface area (Å²) < 4.78 is 32.2. The molecule has 5 rings (SSSR count). The van der Waals surface area contributed by atoms with E-state index in [0.29, 0.717) is 68.7 Å². The summed E-state index contributed by atoms with van der Waals surface area (Å²) in [6, 6.07) is 4.92. The van der Waals surface area contributed by atoms with Crippen molar-refractivity contribution in [3.63, 3.8) is 0 Å². The van der Waals surface area contributed by atoms with Crippen LogP contribution in [0.4, 0.5) is 14.9 Å². The van der Waals surface area contributed by atoms with Crippen LogP contribution in [0.15, 0.2) is 52.9 Å². The zero-order chi connectivity index (χ0) is 36.7. The van der Waals surface area contributed by atoms with E-state index in [1.54, 1.807) is 9.80 Å². The number of amides is 2. The Hall–Kier alpha value is -4.23. The van der Waals surface area contributed by atoms with Gasteiger partial charge in [-0.15, -0.1) is 0 Å². The zero-order valence-electron chi connectivity index (χ0n) is 30.4. The van der Waals surface area contributed by atoms with E-state index in [-0.39, 0.29) is 42.1 Å². The first-order chi connectivity index (χ1) is 24.4. The average Bonchev–Trinajstić information content (AvgIpc) is 3.65. The molecule has 13 heteroatoms. The van der Waals surface area contributed by atoms with Crippen LogP contribution in [-0.4, -0.2) is 120 Å². The number of hydrogen-bond donors (Lipinski definition) is 1. The Labute approximate surface area is 299 Å². The lowest BCUT2D eigenvalue weighted by Crippen LogP contribution is -2.48. The molecule has 278 valence electrons. The van der Waals surface area contributed by atoms with Gasteiger partial charge in [0.25, 0.3) is 5.91 Å². The molecule has 3 aliphatic heterocycles. The van der Waals surface area contributed by atoms with E-state index in [2.05, 4.69) is 9.88 Å². The summed E-state index contributed by atoms with van der Waals surface area (Å²) in [5.74, 6) is -1.30. The van der Waals surface area contributed by atoms with Crippen molar-refractivity contribution in [3.8, 4) is 0 Å². The molecule has 0 saturated carbocycles. The average molecular weight is 710 g/mol. The summed E-state index contributed by atoms with van der Waals surface area (Å²) in [5, 5.41) is 10.7. The number of likely N-dealkylation sites (tertiary alicyclic amines) is 1. The highest BCUT2D eigenvalue weighted by molar-refractivity contribution is 5.91. The van der Waals surface area contributed by atoms with Gasteiger partial charge in [0.1, 0.15) is 18.0 Å². The number of nitrogens with zero attached hydrogens (tertiary/aromatic N) is 5. The van der Waals surface area contributed by atoms with Gasteiger partial charge >= 0.3 is 12.1 Å². The van der Waals surface area contributed by atoms with Gasteiger partial charge in [0.2, 0.25) is 5.76 Å². The summed E-state index contributed by atoms with van der Waals surface area (Å²) in [6.07, 6.45) is 7.93. The quantitative estimate of drug-likeness (QED) is 0.324. The molecule has 12 nitrogen and oxygen atoms in total. The third kappa shape index (κ3) is 10.2. The number of carbonyl (C=O) groups excluding carboxylic acids is 3. The number of carbonyl (C=O) groups is 3. The molecule has 3 aliphatic rings. The van der Waals surface area contributed by atoms with Crippen molar-refractivity contribution in [1.29, 1.82) is 0 Å². The van der Waals surface area contributed by atoms with Crippen molar-refractivity contribution < 1.29 is 37.8 Å². The molecular formula is C38H52FN5O7. The first-order valence-corrected chi connectivity index (χ1v) is 18.0. The first kappa shape index (κ1) is 38.0. The molecule has 0 radical (unpaired) electrons. The lowest BCUT2D eigenvalue weighted by atomic mass is 9.91. The number of anilines is 1. The van der Waals surface area contributed by atoms with Crippen LogP contribution in [0.3, 0.4) is 0 Å². The number of oxazole rings is 1. The molecule has 1 N–H and O–H groups in total. The summed E-state index contributed by atoms with van der Waals surface area (Å²) in [5.41, 5.74) is 2.00. The smallest absolute Gasteiger partial charge is 0.410 e. The van der Waals surface area contributed by atoms with Crippen LogP contribution in [-0.2, 0) is 14.3 Å². The zero-order valence-corrected chi connectivity index (χ0v) is 30.4. The summed E-state index contributed by atoms with van der Waals surface area (Å²) in [7, 11) is 3.95. The van der Waals surface area contributed by atoms with Crippen molar-refractivity contribution in [2.24, 2.45) is 11.8 Å². The number of cyclic esters (lactones) is 1. The lowest BCUT2D eigenvalue weighted by molar-refractivity contribution is -0.151. The number of ether oxygens (including phenoxy) is 2. The van der Waals surface area contributed by atoms with Gasteiger partial charge in [0.05, 0.1) is 18.7 Å². The number of halogens is 1. The molecule has 1 aromatic heterocycles. The highest BCUT2D eigenvalue weighted by Gasteiger charge is 2.30. The number of esters is 1. The Morgan fingerprint density at radius 2 is 1.75 bits per heavy atom. The van der Waals surface area contributed by atoms with Crippen molar-refractivity contribution in [1.82, 2.24) is 19.7 Å². The summed E-state index contributed by atoms with van der Waals surface area (Å²) in [6.45, 7) is 9.58. The van der Waals surface area contributed by atoms with Crippen molar-refractivity contribution in [2.75, 3.05) is 58.3 Å². The number of aliphatic hydroxyl groups excluding tert-OH is 1. The van der Waals surface area contributed by atoms with E-state index in [9.17, 15) is 19.5 Å². The van der Waals surface area contributed by atoms with Crippen molar-refractivity contribution >= 4 is 29.7 Å². The summed E-state index contributed by atoms with van der Waals surface area (Å²) >= 11 is 0. The molecule has 0 unspecified atom stereocenters. The number of aromatic nitrogens is 1. The SMILES string of the molecule is C/C(=C\c1cc(F)cc(N(C)C2CCN(C(=O)c3cnco3)CC2)c1)[C@H]1OC(=O)C[C@H](O)CC[C@H](C)[C@@H](OC(=O)N2CCN(C)CC2)/C=C/[C@@H]1C. The third-order valence-electron chi connectivity index (χ3n) is 10.4. The van der Waals surface area contributed by atoms with E-state index >= 15 is 4.39 Å². The second-order valence-corrected chi connectivity index (χ2v) is 14.3. The molecule has 1 aromatic carbocycles. The van der Waals surface area contributed by atoms with Crippen molar-refractivity contribution in [3.05, 3.63) is 65.7 Å². The Kier molecular flexibility index (Phi) is 12.9. The van der Waals surface area contributed by atoms with E-state index in [0.717, 1.165) is 13.1 Å². The predicted molar refractivity (Wildman–Crippen MR) is 190 cm³/mol. The maximum absolute atomic E-state index is 15.1. The molecule has 2 aromatic rings. The second kappa shape index (κ2) is 17.3. The molecule has 2 amide bonds. The first-order valence-electron chi connectivity index (χ1n) is 18.0. The standard InChI is InChI=1S/C38H52FN5O7/c1-25-6-8-32(45)22-35(46)51-36(26(2)7-9-33(25)50-38(48)44-16-14-41(4)15-17-44)27(3)18-28-19-29(39)21-31(20-28)42(5)30-10-12-43(13-11-30)37(47)34-23-40-24-49-34/h7,9,18-21,23-26,30,32-33,36,45H,6,8,10-17,22H2,1-5H3/b9-7+,27-18+/t25-,26-,32+,33-,36-/m0/s1. The van der Waals surface area contributed by atoms with Crippen molar-refractivity contribution in [2.45, 2.75) is 77.2 Å². The minimum Gasteiger partial charge on any atom is -0.457 e. The van der Waals surface area contributed by atoms with Gasteiger partial charge in [-0.2, -0.15) is 0 Å². The number of likely N-dealkylation sites (N-methyl/N-ethyl adjacent to an activating group) is 1. The fourth-order valence-electron chi connectivity index (χ4n) is 7.00. The molecule has 2 saturated heterocycles. The molecule has 0 bridgehead atoms. The maximum atomic E-state index is 15.1. The van der Waals surface area contributed by atoms with E-state index in [1.807, 2.05) is 64.1 Å². The molecule has 4 heterocycles. The van der Waals surface area contributed by atoms with Gasteiger partial charge in [-0.05, 0) is 81.0 Å². The van der Waals surface area contributed by atoms with Gasteiger partial charge in [-0.25, -0.2) is 14.2 Å². The van der Waals surface area contributed by atoms with Gasteiger partial charge in [-0.3, -0.25) is 9.59 Å². The number of benzene rings is 1. The molecule has 5 atom stereocenters. The number of piperidine rings is 1. The van der Waals surface area contributed by atoms with Gasteiger partial charge in [-0.1, -0.05) is 26.0 Å². The van der Waals surface area contributed by atoms with E-state index in [4.69, 9.17) is 13.9 Å². The minimum atomic E-state index is -0.897. The topological polar surface area (TPSA) is 129 Å². The molecule has 51 heavy (non-hydrogen) atoms. The maximum Gasteiger partial charge on any atom is 0.410 e. The normalized spacial score (nSPS) is 26.8. The third-order valence-corrected chi connectivity index (χ3v) is 10.4. The number of hydrogen-bond acceptors (Lipinski definition) is 10. The van der Waals surface area contributed by atoms with Crippen LogP contribution in [0.1, 0.15) is 69.0 Å². The van der Waals surface area contributed by atoms with Gasteiger partial charge in [0, 0.05) is 64.0 Å². The van der Waals surface area contributed by atoms with Gasteiger partial charge < -0.3 is 38.6 Å². The summed E-state index contributed by atoms with van der Waals surface area (Å²) in [4.78, 5) is 50.3. The van der Waals surface area contributed by atoms with Crippen LogP contribution in [0.25, 0.3) is 6.08 Å². The highest BCUT2D eigenvalue weighted by Crippen LogP contribution is 2.29. The number of aliphatic hydroxyl groups is 1. The van der Waals surface area contributed by atoms with Crippen LogP contribution in [0, 0.1) is 17.7 Å². The molecule has 0 aliphatic carbocycles. The van der Waals surface area contributed by atoms with Crippen LogP contribution < -0.4 is 4.90 Å². The fourth-order valence-corrected chi connectivity index (χ4v) is 7.00. The fraction of sp³-hybridized carbons (Fsp3) is 0.579. The van der Waals surface area contributed by atoms with E-state index < -0.39 is 30.1 Å². The predicted octanol–water partition coefficient (Wildman–Crippen LogP) is 5.00. The minimum absolute atomic E-state index is 0.0891.